The molecule has 0 radical (unpaired) electrons. The number of benzene rings is 3. The molecule has 2 aromatic heterocycles. The van der Waals surface area contributed by atoms with E-state index in [1.54, 1.807) is 24.4 Å². The number of aromatic amines is 1. The van der Waals surface area contributed by atoms with Crippen molar-refractivity contribution in [3.8, 4) is 23.1 Å². The molecule has 2 saturated carbocycles. The van der Waals surface area contributed by atoms with Crippen molar-refractivity contribution in [2.24, 2.45) is 11.3 Å². The zero-order valence-corrected chi connectivity index (χ0v) is 44.5. The zero-order valence-electron chi connectivity index (χ0n) is 43.7. The number of aliphatic hydroxyl groups is 1. The average molecular weight is 1050 g/mol. The van der Waals surface area contributed by atoms with Gasteiger partial charge in [0.05, 0.1) is 27.0 Å². The standard InChI is InChI=1S/C57H72N8O9S/c1-5-62-24-8-10-40(62)34-73-55-51(28-38-18-23-58-53(38)60-55)74-49-29-39(63-26-21-57(22-27-63)32-41(33-57)64-25-9-13-47(64)44-12-7-6-11-43(44)36(2)3)14-15-45(49)54(66)61-75(70,71)42-30-48(65(68)69)52-50(31-42)72-35-46(59-52)37-16-19-56(4,67)20-17-37/h6-7,11-12,14-15,18,23,28-31,36-37,40-41,46-47,59,67H,5,8-10,13,16-17,19-22,24-27,32-35H2,1-4H3,(H,58,60)(H,61,66)/t37?,40-,46+,47-,56?/m0/s1. The van der Waals surface area contributed by atoms with E-state index in [0.717, 1.165) is 75.5 Å². The molecular weight excluding hydrogens is 973 g/mol. The number of nitro benzene ring substituents is 1. The smallest absolute Gasteiger partial charge is 0.297 e. The fourth-order valence-electron chi connectivity index (χ4n) is 13.3. The highest BCUT2D eigenvalue weighted by Crippen LogP contribution is 2.55. The Kier molecular flexibility index (Phi) is 14.0. The Balaban J connectivity index is 0.847. The maximum atomic E-state index is 14.5. The monoisotopic (exact) mass is 1040 g/mol. The maximum absolute atomic E-state index is 14.5. The highest BCUT2D eigenvalue weighted by atomic mass is 32.2. The number of fused-ring (bicyclic) bond motifs is 2. The molecule has 4 aliphatic heterocycles. The van der Waals surface area contributed by atoms with Crippen LogP contribution in [0.25, 0.3) is 11.0 Å². The molecule has 1 amide bonds. The number of amides is 1. The van der Waals surface area contributed by atoms with Gasteiger partial charge in [-0.15, -0.1) is 0 Å². The van der Waals surface area contributed by atoms with Gasteiger partial charge in [-0.05, 0) is 156 Å². The van der Waals surface area contributed by atoms with Crippen molar-refractivity contribution in [1.29, 1.82) is 0 Å². The number of carbonyl (C=O) groups excluding carboxylic acids is 1. The number of piperidine rings is 1. The third kappa shape index (κ3) is 10.4. The fourth-order valence-corrected chi connectivity index (χ4v) is 14.3. The van der Waals surface area contributed by atoms with E-state index in [1.807, 2.05) is 19.1 Å². The molecule has 11 rings (SSSR count). The summed E-state index contributed by atoms with van der Waals surface area (Å²) in [6.45, 7) is 13.7. The number of likely N-dealkylation sites (N-methyl/N-ethyl adjacent to an activating group) is 1. The van der Waals surface area contributed by atoms with E-state index in [-0.39, 0.29) is 64.4 Å². The minimum absolute atomic E-state index is 0.00215. The molecule has 0 unspecified atom stereocenters. The molecule has 1 spiro atoms. The summed E-state index contributed by atoms with van der Waals surface area (Å²) >= 11 is 0. The quantitative estimate of drug-likeness (QED) is 0.0569. The van der Waals surface area contributed by atoms with E-state index in [2.05, 4.69) is 74.8 Å². The number of anilines is 2. The van der Waals surface area contributed by atoms with E-state index in [9.17, 15) is 28.4 Å². The van der Waals surface area contributed by atoms with Gasteiger partial charge >= 0.3 is 0 Å². The lowest BCUT2D eigenvalue weighted by Gasteiger charge is -2.56. The van der Waals surface area contributed by atoms with E-state index in [4.69, 9.17) is 19.2 Å². The molecule has 5 fully saturated rings. The van der Waals surface area contributed by atoms with Crippen LogP contribution in [0.5, 0.6) is 23.1 Å². The molecule has 4 N–H and O–H groups in total. The predicted molar refractivity (Wildman–Crippen MR) is 288 cm³/mol. The molecule has 2 aliphatic carbocycles. The number of likely N-dealkylation sites (tertiary alicyclic amines) is 2. The van der Waals surface area contributed by atoms with Gasteiger partial charge < -0.3 is 34.5 Å². The Labute approximate surface area is 439 Å². The van der Waals surface area contributed by atoms with Gasteiger partial charge in [0, 0.05) is 66.7 Å². The van der Waals surface area contributed by atoms with E-state index in [0.29, 0.717) is 55.9 Å². The first-order valence-corrected chi connectivity index (χ1v) is 28.8. The number of rotatable bonds is 15. The average Bonchev–Trinajstić information content (AvgIpc) is 4.19. The van der Waals surface area contributed by atoms with Crippen LogP contribution in [0.3, 0.4) is 0 Å². The number of hydrogen-bond acceptors (Lipinski definition) is 14. The van der Waals surface area contributed by atoms with Crippen molar-refractivity contribution < 1.29 is 37.5 Å². The fraction of sp³-hybridized carbons (Fsp3) is 0.544. The number of carbonyl (C=O) groups is 1. The molecule has 3 atom stereocenters. The van der Waals surface area contributed by atoms with Gasteiger partial charge in [0.1, 0.15) is 24.6 Å². The normalized spacial score (nSPS) is 25.2. The molecule has 5 aromatic rings. The highest BCUT2D eigenvalue weighted by molar-refractivity contribution is 7.90. The van der Waals surface area contributed by atoms with Crippen LogP contribution in [-0.2, 0) is 10.0 Å². The SMILES string of the molecule is CCN1CCC[C@H]1COc1nc2[nH]ccc2cc1Oc1cc(N2CCC3(CC2)CC(N2CCC[C@H]2c2ccccc2C(C)C)C3)ccc1C(=O)NS(=O)(=O)c1cc2c(c([N+](=O)[O-])c1)N[C@@H](C1CCC(C)(O)CC1)CO2. The second-order valence-corrected chi connectivity index (χ2v) is 24.5. The largest absolute Gasteiger partial charge is 0.489 e. The first kappa shape index (κ1) is 51.2. The third-order valence-electron chi connectivity index (χ3n) is 17.7. The number of pyridine rings is 1. The third-order valence-corrected chi connectivity index (χ3v) is 19.0. The molecule has 3 saturated heterocycles. The zero-order chi connectivity index (χ0) is 52.2. The van der Waals surface area contributed by atoms with Crippen LogP contribution in [0.2, 0.25) is 0 Å². The number of aromatic nitrogens is 2. The van der Waals surface area contributed by atoms with Crippen molar-refractivity contribution in [1.82, 2.24) is 24.5 Å². The molecule has 400 valence electrons. The Morgan fingerprint density at radius 3 is 2.51 bits per heavy atom. The molecule has 6 heterocycles. The molecular formula is C57H72N8O9S. The lowest BCUT2D eigenvalue weighted by Crippen LogP contribution is -2.54. The van der Waals surface area contributed by atoms with Gasteiger partial charge in [-0.2, -0.15) is 4.98 Å². The summed E-state index contributed by atoms with van der Waals surface area (Å²) < 4.78 is 49.9. The van der Waals surface area contributed by atoms with Gasteiger partial charge in [0.25, 0.3) is 27.5 Å². The summed E-state index contributed by atoms with van der Waals surface area (Å²) in [7, 11) is -4.72. The summed E-state index contributed by atoms with van der Waals surface area (Å²) in [6.07, 6.45) is 13.3. The molecule has 6 aliphatic rings. The van der Waals surface area contributed by atoms with Crippen LogP contribution in [0, 0.1) is 21.4 Å². The molecule has 18 heteroatoms. The minimum Gasteiger partial charge on any atom is -0.489 e. The Morgan fingerprint density at radius 1 is 0.973 bits per heavy atom. The number of nitrogens with zero attached hydrogens (tertiary/aromatic N) is 5. The molecule has 3 aromatic carbocycles. The number of H-pyrrole nitrogens is 1. The number of sulfonamides is 1. The predicted octanol–water partition coefficient (Wildman–Crippen LogP) is 10.1. The first-order valence-electron chi connectivity index (χ1n) is 27.3. The van der Waals surface area contributed by atoms with Crippen LogP contribution in [0.4, 0.5) is 17.1 Å². The minimum atomic E-state index is -4.72. The number of hydrogen-bond donors (Lipinski definition) is 4. The van der Waals surface area contributed by atoms with Crippen molar-refractivity contribution in [2.75, 3.05) is 56.2 Å². The van der Waals surface area contributed by atoms with Crippen LogP contribution in [-0.4, -0.2) is 114 Å². The van der Waals surface area contributed by atoms with Gasteiger partial charge in [0.2, 0.25) is 0 Å². The van der Waals surface area contributed by atoms with E-state index < -0.39 is 37.0 Å². The lowest BCUT2D eigenvalue weighted by atomic mass is 9.59. The summed E-state index contributed by atoms with van der Waals surface area (Å²) in [6, 6.07) is 21.0. The summed E-state index contributed by atoms with van der Waals surface area (Å²) in [4.78, 5) is 41.4. The van der Waals surface area contributed by atoms with Crippen molar-refractivity contribution in [3.05, 3.63) is 99.7 Å². The Bertz CT molecular complexity index is 3040. The van der Waals surface area contributed by atoms with Gasteiger partial charge in [-0.3, -0.25) is 24.7 Å². The number of ether oxygens (including phenoxy) is 3. The van der Waals surface area contributed by atoms with Crippen molar-refractivity contribution >= 4 is 44.0 Å². The highest BCUT2D eigenvalue weighted by Gasteiger charge is 2.50. The number of nitrogens with one attached hydrogen (secondary N) is 3. The van der Waals surface area contributed by atoms with Crippen LogP contribution < -0.4 is 29.1 Å². The molecule has 0 bridgehead atoms. The summed E-state index contributed by atoms with van der Waals surface area (Å²) in [5.41, 5.74) is 3.41. The molecule has 17 nitrogen and oxygen atoms in total. The Morgan fingerprint density at radius 2 is 1.75 bits per heavy atom. The van der Waals surface area contributed by atoms with Gasteiger partial charge in [-0.25, -0.2) is 13.1 Å². The molecule has 75 heavy (non-hydrogen) atoms. The number of nitro groups is 1. The topological polar surface area (TPSA) is 205 Å². The van der Waals surface area contributed by atoms with E-state index in [1.165, 1.54) is 42.9 Å². The summed E-state index contributed by atoms with van der Waals surface area (Å²) in [5.74, 6) is 0.185. The summed E-state index contributed by atoms with van der Waals surface area (Å²) in [5, 5.41) is 27.1. The van der Waals surface area contributed by atoms with Crippen LogP contribution in [0.15, 0.2) is 77.8 Å². The van der Waals surface area contributed by atoms with E-state index >= 15 is 0 Å². The van der Waals surface area contributed by atoms with Crippen LogP contribution >= 0.6 is 0 Å². The first-order chi connectivity index (χ1) is 36.1. The van der Waals surface area contributed by atoms with Crippen molar-refractivity contribution in [2.45, 2.75) is 145 Å². The second-order valence-electron chi connectivity index (χ2n) is 22.9. The van der Waals surface area contributed by atoms with Gasteiger partial charge in [0.15, 0.2) is 17.2 Å². The maximum Gasteiger partial charge on any atom is 0.297 e. The van der Waals surface area contributed by atoms with Crippen LogP contribution in [0.1, 0.15) is 138 Å². The second kappa shape index (κ2) is 20.5. The lowest BCUT2D eigenvalue weighted by molar-refractivity contribution is -0.384. The van der Waals surface area contributed by atoms with Gasteiger partial charge in [-0.1, -0.05) is 45.0 Å². The Hall–Kier alpha value is -5.95. The van der Waals surface area contributed by atoms with Crippen molar-refractivity contribution in [3.63, 3.8) is 0 Å².